The van der Waals surface area contributed by atoms with E-state index in [0.717, 1.165) is 7.11 Å². The molecule has 0 radical (unpaired) electrons. The first-order valence-corrected chi connectivity index (χ1v) is 28.2. The minimum Gasteiger partial charge on any atom is -0.369 e. The van der Waals surface area contributed by atoms with E-state index < -0.39 is 99.5 Å². The van der Waals surface area contributed by atoms with Gasteiger partial charge in [0.1, 0.15) is 43.1 Å². The fourth-order valence-corrected chi connectivity index (χ4v) is 11.6. The van der Waals surface area contributed by atoms with Crippen LogP contribution in [0, 0.1) is 5.92 Å². The maximum atomic E-state index is 14.1. The van der Waals surface area contributed by atoms with Crippen molar-refractivity contribution in [3.63, 3.8) is 0 Å². The molecule has 0 aliphatic carbocycles. The van der Waals surface area contributed by atoms with Crippen LogP contribution in [-0.4, -0.2) is 116 Å². The van der Waals surface area contributed by atoms with Crippen molar-refractivity contribution in [3.05, 3.63) is 50.0 Å². The molecule has 36 heteroatoms. The fraction of sp³-hybridized carbons (Fsp3) is 0.531. The molecule has 3 aliphatic rings. The third-order valence-electron chi connectivity index (χ3n) is 11.2. The van der Waals surface area contributed by atoms with Crippen LogP contribution < -0.4 is 33.9 Å². The lowest BCUT2D eigenvalue weighted by Gasteiger charge is -2.25. The molecular weight excluding hydrogens is 1020 g/mol. The summed E-state index contributed by atoms with van der Waals surface area (Å²) in [7, 11) is 1.12. The lowest BCUT2D eigenvalue weighted by molar-refractivity contribution is -0.0467. The first kappa shape index (κ1) is 48.8. The average molecular weight is 1070 g/mol. The minimum absolute atomic E-state index is 0.0433. The molecule has 30 nitrogen and oxygen atoms in total. The molecule has 3 saturated heterocycles. The van der Waals surface area contributed by atoms with E-state index in [9.17, 15) is 28.1 Å². The Balaban J connectivity index is 0.909. The lowest BCUT2D eigenvalue weighted by atomic mass is 10.0. The van der Waals surface area contributed by atoms with Gasteiger partial charge in [0, 0.05) is 20.0 Å². The van der Waals surface area contributed by atoms with E-state index in [0.29, 0.717) is 6.42 Å². The lowest BCUT2D eigenvalue weighted by Crippen LogP contribution is -2.30. The predicted molar refractivity (Wildman–Crippen MR) is 247 cm³/mol. The van der Waals surface area contributed by atoms with Crippen molar-refractivity contribution in [1.29, 1.82) is 0 Å². The summed E-state index contributed by atoms with van der Waals surface area (Å²) in [5.41, 5.74) is 16.0. The molecular formula is C32H42N15O15P3S3. The molecule has 6 aromatic rings. The second-order valence-electron chi connectivity index (χ2n) is 15.7. The topological polar surface area (TPSA) is 403 Å². The standard InChI is InChI=1S/C32H42N15O15P3S3/c1-12-3-18(45-9-36-21-24(45)39-30(33)42-27(21)48)58-15(12)6-56-64(52,67)61-14-5-20(47-11-38-23-26(47)41-32(35)44-29(23)50)60-17(14)8-57-65(53,68)62-13-4-19(59-16(13)7-55-63(51,66)54-2)46-10-37-22-25(46)40-31(34)43-28(22)49/h9-20H,3-8H2,1-2H3,(H,51,66)(H,52,67)(H,53,68)(H3,33,39,42,48)(H3,34,40,43,49)(H3,35,41,44,50)/t12?,13?,14?,15-,16-,17-,18-,19-,20-,63?,64?,65?/m1/s1. The molecule has 0 bridgehead atoms. The second kappa shape index (κ2) is 18.9. The number of fused-ring (bicyclic) bond motifs is 3. The number of aromatic amines is 3. The van der Waals surface area contributed by atoms with Crippen LogP contribution in [-0.2, 0) is 55.0 Å². The van der Waals surface area contributed by atoms with E-state index in [1.165, 1.54) is 28.1 Å². The normalized spacial score (nSPS) is 28.1. The van der Waals surface area contributed by atoms with Crippen molar-refractivity contribution in [2.45, 2.75) is 75.4 Å². The summed E-state index contributed by atoms with van der Waals surface area (Å²) in [6, 6.07) is 0. The van der Waals surface area contributed by atoms with Gasteiger partial charge in [-0.3, -0.25) is 65.7 Å². The number of rotatable bonds is 17. The zero-order chi connectivity index (χ0) is 48.4. The summed E-state index contributed by atoms with van der Waals surface area (Å²) in [5, 5.41) is 0. The molecule has 0 aromatic carbocycles. The van der Waals surface area contributed by atoms with Gasteiger partial charge in [0.2, 0.25) is 17.8 Å². The predicted octanol–water partition coefficient (Wildman–Crippen LogP) is 2.21. The molecule has 368 valence electrons. The highest BCUT2D eigenvalue weighted by atomic mass is 32.7. The van der Waals surface area contributed by atoms with Gasteiger partial charge in [-0.15, -0.1) is 0 Å². The van der Waals surface area contributed by atoms with Crippen molar-refractivity contribution in [1.82, 2.24) is 58.6 Å². The minimum atomic E-state index is -4.44. The van der Waals surface area contributed by atoms with E-state index in [1.807, 2.05) is 6.92 Å². The Hall–Kier alpha value is -4.17. The first-order valence-electron chi connectivity index (χ1n) is 20.1. The quantitative estimate of drug-likeness (QED) is 0.0467. The van der Waals surface area contributed by atoms with Gasteiger partial charge in [0.05, 0.1) is 44.9 Å². The van der Waals surface area contributed by atoms with E-state index >= 15 is 0 Å². The molecule has 6 unspecified atom stereocenters. The highest BCUT2D eigenvalue weighted by molar-refractivity contribution is 8.45. The van der Waals surface area contributed by atoms with Crippen molar-refractivity contribution in [2.75, 3.05) is 44.1 Å². The molecule has 0 amide bonds. The second-order valence-corrected chi connectivity index (χ2v) is 24.4. The van der Waals surface area contributed by atoms with Gasteiger partial charge in [-0.1, -0.05) is 43.7 Å². The molecule has 3 fully saturated rings. The molecule has 0 saturated carbocycles. The van der Waals surface area contributed by atoms with Gasteiger partial charge < -0.3 is 35.9 Å². The van der Waals surface area contributed by atoms with Crippen LogP contribution in [0.25, 0.3) is 33.5 Å². The molecule has 0 spiro atoms. The van der Waals surface area contributed by atoms with Crippen LogP contribution in [0.2, 0.25) is 0 Å². The van der Waals surface area contributed by atoms with E-state index in [4.69, 9.17) is 58.6 Å². The number of H-pyrrole nitrogens is 3. The summed E-state index contributed by atoms with van der Waals surface area (Å²) in [6.45, 7) is -12.0. The van der Waals surface area contributed by atoms with Crippen LogP contribution in [0.3, 0.4) is 0 Å². The number of ether oxygens (including phenoxy) is 3. The number of hydrogen-bond donors (Lipinski definition) is 9. The van der Waals surface area contributed by atoms with E-state index in [1.54, 1.807) is 4.57 Å². The number of imidazole rings is 3. The van der Waals surface area contributed by atoms with Gasteiger partial charge in [-0.25, -0.2) is 28.6 Å². The summed E-state index contributed by atoms with van der Waals surface area (Å²) < 4.78 is 97.4. The maximum absolute atomic E-state index is 14.1. The Morgan fingerprint density at radius 2 is 0.941 bits per heavy atom. The SMILES string of the molecule is COP(=O)(S)OC[C@H]1O[C@@H](n2cnc3c(=O)[nH]c(N)nc32)CC1OP(=O)(S)OC[C@H]1O[C@@H](n2cnc3c(=O)[nH]c(N)nc32)CC1OP(=O)(S)OC[C@H]1O[C@@H](n2cnc3c(=O)[nH]c(N)nc32)CC1C. The van der Waals surface area contributed by atoms with Gasteiger partial charge in [0.25, 0.3) is 16.7 Å². The van der Waals surface area contributed by atoms with Gasteiger partial charge in [-0.05, 0) is 12.3 Å². The Bertz CT molecular complexity index is 3220. The fourth-order valence-electron chi connectivity index (χ4n) is 7.93. The largest absolute Gasteiger partial charge is 0.386 e. The molecule has 68 heavy (non-hydrogen) atoms. The number of nitrogen functional groups attached to an aromatic ring is 3. The van der Waals surface area contributed by atoms with Crippen LogP contribution in [0.1, 0.15) is 44.9 Å². The third kappa shape index (κ3) is 10.2. The molecule has 6 aromatic heterocycles. The first-order chi connectivity index (χ1) is 32.2. The van der Waals surface area contributed by atoms with Gasteiger partial charge in [0.15, 0.2) is 33.5 Å². The summed E-state index contributed by atoms with van der Waals surface area (Å²) in [6.07, 6.45) is -3.67. The number of aromatic nitrogens is 12. The van der Waals surface area contributed by atoms with Crippen LogP contribution in [0.5, 0.6) is 0 Å². The number of anilines is 3. The molecule has 9 heterocycles. The molecule has 12 atom stereocenters. The third-order valence-corrected chi connectivity index (χ3v) is 16.2. The number of nitrogens with one attached hydrogen (secondary N) is 3. The van der Waals surface area contributed by atoms with Crippen molar-refractivity contribution < 1.29 is 55.0 Å². The van der Waals surface area contributed by atoms with Crippen LogP contribution >= 0.6 is 57.1 Å². The average Bonchev–Trinajstić information content (AvgIpc) is 4.12. The number of hydrogen-bond acceptors (Lipinski definition) is 24. The van der Waals surface area contributed by atoms with E-state index in [-0.39, 0.29) is 76.7 Å². The van der Waals surface area contributed by atoms with E-state index in [2.05, 4.69) is 81.6 Å². The maximum Gasteiger partial charge on any atom is 0.386 e. The number of nitrogens with zero attached hydrogens (tertiary/aromatic N) is 9. The summed E-state index contributed by atoms with van der Waals surface area (Å²) in [4.78, 5) is 69.5. The summed E-state index contributed by atoms with van der Waals surface area (Å²) >= 11 is 12.4. The van der Waals surface area contributed by atoms with Crippen molar-refractivity contribution >= 4 is 108 Å². The molecule has 3 aliphatic heterocycles. The van der Waals surface area contributed by atoms with Gasteiger partial charge in [-0.2, -0.15) is 15.0 Å². The molecule has 9 N–H and O–H groups in total. The Morgan fingerprint density at radius 1 is 0.603 bits per heavy atom. The zero-order valence-corrected chi connectivity index (χ0v) is 40.6. The van der Waals surface area contributed by atoms with Crippen LogP contribution in [0.15, 0.2) is 33.4 Å². The smallest absolute Gasteiger partial charge is 0.369 e. The van der Waals surface area contributed by atoms with Crippen molar-refractivity contribution in [3.8, 4) is 0 Å². The van der Waals surface area contributed by atoms with Crippen molar-refractivity contribution in [2.24, 2.45) is 5.92 Å². The highest BCUT2D eigenvalue weighted by Gasteiger charge is 2.46. The zero-order valence-electron chi connectivity index (χ0n) is 35.2. The monoisotopic (exact) mass is 1070 g/mol. The summed E-state index contributed by atoms with van der Waals surface area (Å²) in [5.74, 6) is -0.655. The van der Waals surface area contributed by atoms with Crippen LogP contribution in [0.4, 0.5) is 17.8 Å². The van der Waals surface area contributed by atoms with Gasteiger partial charge >= 0.3 is 20.4 Å². The molecule has 9 rings (SSSR count). The highest BCUT2D eigenvalue weighted by Crippen LogP contribution is 2.59. The Morgan fingerprint density at radius 3 is 1.32 bits per heavy atom. The number of nitrogens with two attached hydrogens (primary N) is 3. The number of thiol groups is 3. The Labute approximate surface area is 396 Å². The Kier molecular flexibility index (Phi) is 13.6.